The summed E-state index contributed by atoms with van der Waals surface area (Å²) in [5.41, 5.74) is 0. The minimum absolute atomic E-state index is 0.655. The molecule has 0 aliphatic carbocycles. The zero-order valence-corrected chi connectivity index (χ0v) is 5.37. The van der Waals surface area contributed by atoms with E-state index in [1.807, 2.05) is 0 Å². The first-order valence-corrected chi connectivity index (χ1v) is 2.94. The highest BCUT2D eigenvalue weighted by Crippen LogP contribution is 1.89. The number of nitrogens with zero attached hydrogens (tertiary/aromatic N) is 1. The summed E-state index contributed by atoms with van der Waals surface area (Å²) in [5, 5.41) is 0. The smallest absolute Gasteiger partial charge is 0.225 e. The molecule has 0 amide bonds. The maximum Gasteiger partial charge on any atom is 0.225 e. The van der Waals surface area contributed by atoms with Gasteiger partial charge in [-0.1, -0.05) is 6.08 Å². The summed E-state index contributed by atoms with van der Waals surface area (Å²) in [6, 6.07) is 0. The van der Waals surface area contributed by atoms with Crippen LogP contribution in [0.5, 0.6) is 0 Å². The number of H-pyrrole nitrogens is 1. The van der Waals surface area contributed by atoms with Crippen LogP contribution in [0.3, 0.4) is 0 Å². The number of rotatable bonds is 3. The lowest BCUT2D eigenvalue weighted by Gasteiger charge is -1.83. The molecule has 0 aliphatic heterocycles. The number of hydrogen-bond donors (Lipinski definition) is 1. The lowest BCUT2D eigenvalue weighted by molar-refractivity contribution is 0.564. The van der Waals surface area contributed by atoms with E-state index in [2.05, 4.69) is 9.97 Å². The van der Waals surface area contributed by atoms with Gasteiger partial charge in [0.2, 0.25) is 6.29 Å². The topological polar surface area (TPSA) is 45.8 Å². The Kier molecular flexibility index (Phi) is 2.43. The monoisotopic (exact) mass is 135 g/mol. The van der Waals surface area contributed by atoms with E-state index in [0.29, 0.717) is 6.42 Å². The Hall–Kier alpha value is -1.38. The Labute approximate surface area is 58.8 Å². The predicted octanol–water partition coefficient (Wildman–Crippen LogP) is 0.618. The van der Waals surface area contributed by atoms with E-state index < -0.39 is 0 Å². The second-order valence-corrected chi connectivity index (χ2v) is 1.76. The van der Waals surface area contributed by atoms with Gasteiger partial charge in [-0.15, -0.1) is 0 Å². The number of imidazole rings is 1. The quantitative estimate of drug-likeness (QED) is 0.617. The molecule has 1 aromatic rings. The van der Waals surface area contributed by atoms with Crippen LogP contribution in [-0.2, 0) is 11.2 Å². The lowest BCUT2D eigenvalue weighted by atomic mass is 10.4. The summed E-state index contributed by atoms with van der Waals surface area (Å²) in [4.78, 5) is 16.5. The Morgan fingerprint density at radius 2 is 2.70 bits per heavy atom. The van der Waals surface area contributed by atoms with Gasteiger partial charge in [-0.3, -0.25) is 4.79 Å². The van der Waals surface area contributed by atoms with Gasteiger partial charge in [0.15, 0.2) is 0 Å². The molecular weight excluding hydrogens is 128 g/mol. The molecule has 0 saturated heterocycles. The number of carbonyl (C=O) groups excluding carboxylic acids is 1. The van der Waals surface area contributed by atoms with Crippen LogP contribution in [0.4, 0.5) is 0 Å². The maximum atomic E-state index is 9.69. The number of nitrogens with one attached hydrogen (secondary N) is 1. The van der Waals surface area contributed by atoms with Crippen molar-refractivity contribution in [2.45, 2.75) is 6.42 Å². The van der Waals surface area contributed by atoms with Crippen LogP contribution < -0.4 is 0 Å². The van der Waals surface area contributed by atoms with Gasteiger partial charge in [0, 0.05) is 18.8 Å². The van der Waals surface area contributed by atoms with Gasteiger partial charge < -0.3 is 4.98 Å². The van der Waals surface area contributed by atoms with Crippen molar-refractivity contribution in [2.24, 2.45) is 0 Å². The summed E-state index contributed by atoms with van der Waals surface area (Å²) in [5.74, 6) is 0.853. The van der Waals surface area contributed by atoms with Crippen LogP contribution in [-0.4, -0.2) is 16.3 Å². The number of aromatic nitrogens is 2. The highest BCUT2D eigenvalue weighted by molar-refractivity contribution is 5.65. The molecule has 1 aromatic heterocycles. The summed E-state index contributed by atoms with van der Waals surface area (Å²) < 4.78 is 0. The molecule has 0 bridgehead atoms. The second kappa shape index (κ2) is 3.61. The van der Waals surface area contributed by atoms with Crippen molar-refractivity contribution in [3.05, 3.63) is 30.4 Å². The molecule has 0 spiro atoms. The molecule has 0 aromatic carbocycles. The standard InChI is InChI=1S/C7H7N2O/c10-6-2-1-3-7-8-4-5-9-7/h1-2,4-5H,3H2,(H,8,9)/b2-1-. The van der Waals surface area contributed by atoms with E-state index in [4.69, 9.17) is 0 Å². The summed E-state index contributed by atoms with van der Waals surface area (Å²) in [6.07, 6.45) is 8.77. The predicted molar refractivity (Wildman–Crippen MR) is 37.1 cm³/mol. The molecule has 1 heterocycles. The Morgan fingerprint density at radius 3 is 3.30 bits per heavy atom. The number of aromatic amines is 1. The number of hydrogen-bond acceptors (Lipinski definition) is 2. The van der Waals surface area contributed by atoms with E-state index in [9.17, 15) is 4.79 Å². The zero-order valence-electron chi connectivity index (χ0n) is 5.37. The molecule has 10 heavy (non-hydrogen) atoms. The lowest BCUT2D eigenvalue weighted by Crippen LogP contribution is -1.82. The molecule has 0 fully saturated rings. The molecule has 51 valence electrons. The van der Waals surface area contributed by atoms with Crippen molar-refractivity contribution in [1.29, 1.82) is 0 Å². The van der Waals surface area contributed by atoms with E-state index in [-0.39, 0.29) is 0 Å². The molecule has 3 nitrogen and oxygen atoms in total. The third kappa shape index (κ3) is 1.85. The van der Waals surface area contributed by atoms with Crippen LogP contribution in [0.25, 0.3) is 0 Å². The first-order chi connectivity index (χ1) is 4.93. The Morgan fingerprint density at radius 1 is 1.80 bits per heavy atom. The highest BCUT2D eigenvalue weighted by Gasteiger charge is 1.86. The third-order valence-electron chi connectivity index (χ3n) is 1.05. The minimum Gasteiger partial charge on any atom is -0.348 e. The molecule has 0 saturated carbocycles. The van der Waals surface area contributed by atoms with Crippen molar-refractivity contribution in [3.8, 4) is 0 Å². The van der Waals surface area contributed by atoms with Crippen molar-refractivity contribution >= 4 is 6.29 Å². The maximum absolute atomic E-state index is 9.69. The van der Waals surface area contributed by atoms with Crippen molar-refractivity contribution in [2.75, 3.05) is 0 Å². The summed E-state index contributed by atoms with van der Waals surface area (Å²) in [6.45, 7) is 0. The van der Waals surface area contributed by atoms with E-state index in [1.165, 1.54) is 6.08 Å². The van der Waals surface area contributed by atoms with E-state index >= 15 is 0 Å². The molecule has 1 rings (SSSR count). The number of allylic oxidation sites excluding steroid dienone is 2. The van der Waals surface area contributed by atoms with Gasteiger partial charge in [-0.05, 0) is 6.08 Å². The average Bonchev–Trinajstić information content (AvgIpc) is 2.41. The van der Waals surface area contributed by atoms with E-state index in [1.54, 1.807) is 24.8 Å². The van der Waals surface area contributed by atoms with E-state index in [0.717, 1.165) is 5.82 Å². The van der Waals surface area contributed by atoms with Crippen LogP contribution in [0.15, 0.2) is 24.5 Å². The SMILES string of the molecule is O=[C]/C=C\Cc1ncc[nH]1. The van der Waals surface area contributed by atoms with Crippen LogP contribution >= 0.6 is 0 Å². The van der Waals surface area contributed by atoms with Crippen LogP contribution in [0.2, 0.25) is 0 Å². The largest absolute Gasteiger partial charge is 0.348 e. The Balaban J connectivity index is 2.41. The fourth-order valence-corrected chi connectivity index (χ4v) is 0.628. The molecule has 0 unspecified atom stereocenters. The molecule has 0 aliphatic rings. The third-order valence-corrected chi connectivity index (χ3v) is 1.05. The highest BCUT2D eigenvalue weighted by atomic mass is 16.1. The van der Waals surface area contributed by atoms with Crippen LogP contribution in [0.1, 0.15) is 5.82 Å². The summed E-state index contributed by atoms with van der Waals surface area (Å²) in [7, 11) is 0. The minimum atomic E-state index is 0.655. The first-order valence-electron chi connectivity index (χ1n) is 2.94. The van der Waals surface area contributed by atoms with Gasteiger partial charge >= 0.3 is 0 Å². The van der Waals surface area contributed by atoms with Crippen LogP contribution in [0, 0.1) is 0 Å². The molecule has 1 N–H and O–H groups in total. The van der Waals surface area contributed by atoms with Crippen molar-refractivity contribution in [1.82, 2.24) is 9.97 Å². The molecule has 3 heteroatoms. The van der Waals surface area contributed by atoms with Gasteiger partial charge in [0.25, 0.3) is 0 Å². The normalized spacial score (nSPS) is 10.4. The molecular formula is C7H7N2O. The van der Waals surface area contributed by atoms with Gasteiger partial charge in [0.05, 0.1) is 0 Å². The van der Waals surface area contributed by atoms with Gasteiger partial charge in [-0.25, -0.2) is 4.98 Å². The zero-order chi connectivity index (χ0) is 7.23. The van der Waals surface area contributed by atoms with Gasteiger partial charge in [-0.2, -0.15) is 0 Å². The first kappa shape index (κ1) is 6.74. The fraction of sp³-hybridized carbons (Fsp3) is 0.143. The summed E-state index contributed by atoms with van der Waals surface area (Å²) >= 11 is 0. The Bertz CT molecular complexity index is 214. The average molecular weight is 135 g/mol. The van der Waals surface area contributed by atoms with Crippen molar-refractivity contribution in [3.63, 3.8) is 0 Å². The molecule has 1 radical (unpaired) electrons. The second-order valence-electron chi connectivity index (χ2n) is 1.76. The van der Waals surface area contributed by atoms with Crippen molar-refractivity contribution < 1.29 is 4.79 Å². The fourth-order valence-electron chi connectivity index (χ4n) is 0.628. The van der Waals surface area contributed by atoms with Gasteiger partial charge in [0.1, 0.15) is 5.82 Å². The molecule has 0 atom stereocenters.